The van der Waals surface area contributed by atoms with Crippen LogP contribution in [-0.4, -0.2) is 41.8 Å². The summed E-state index contributed by atoms with van der Waals surface area (Å²) in [6.45, 7) is 2.24. The van der Waals surface area contributed by atoms with Crippen LogP contribution in [0, 0.1) is 5.92 Å². The van der Waals surface area contributed by atoms with Gasteiger partial charge in [0.2, 0.25) is 5.95 Å². The van der Waals surface area contributed by atoms with Gasteiger partial charge in [-0.2, -0.15) is 4.98 Å². The number of hydrogen-bond acceptors (Lipinski definition) is 5. The molecule has 6 heteroatoms. The first-order valence-corrected chi connectivity index (χ1v) is 7.10. The van der Waals surface area contributed by atoms with Crippen LogP contribution in [0.25, 0.3) is 0 Å². The van der Waals surface area contributed by atoms with Gasteiger partial charge in [0, 0.05) is 32.9 Å². The average Bonchev–Trinajstić information content (AvgIpc) is 2.40. The Labute approximate surface area is 116 Å². The summed E-state index contributed by atoms with van der Waals surface area (Å²) < 4.78 is 0.922. The van der Waals surface area contributed by atoms with E-state index >= 15 is 0 Å². The predicted octanol–water partition coefficient (Wildman–Crippen LogP) is 1.88. The molecule has 0 radical (unpaired) electrons. The third-order valence-electron chi connectivity index (χ3n) is 3.31. The molecule has 2 heterocycles. The van der Waals surface area contributed by atoms with Gasteiger partial charge in [0.1, 0.15) is 5.82 Å². The number of nitrogens with zero attached hydrogens (tertiary/aromatic N) is 3. The van der Waals surface area contributed by atoms with Gasteiger partial charge in [0.15, 0.2) is 0 Å². The molecule has 0 aromatic carbocycles. The molecule has 1 atom stereocenters. The number of halogens is 1. The Balaban J connectivity index is 2.14. The molecular formula is C12H19BrN4O. The molecule has 1 aliphatic rings. The minimum Gasteiger partial charge on any atom is -0.396 e. The summed E-state index contributed by atoms with van der Waals surface area (Å²) in [5.41, 5.74) is 0. The molecule has 1 aromatic heterocycles. The van der Waals surface area contributed by atoms with Crippen LogP contribution in [0.15, 0.2) is 10.7 Å². The number of aliphatic hydroxyl groups excluding tert-OH is 1. The van der Waals surface area contributed by atoms with E-state index in [9.17, 15) is 0 Å². The number of anilines is 2. The number of aromatic nitrogens is 2. The Morgan fingerprint density at radius 2 is 2.44 bits per heavy atom. The number of piperidine rings is 1. The highest BCUT2D eigenvalue weighted by molar-refractivity contribution is 9.10. The molecule has 0 spiro atoms. The Morgan fingerprint density at radius 1 is 1.61 bits per heavy atom. The number of aliphatic hydroxyl groups is 1. The Hall–Kier alpha value is -0.880. The van der Waals surface area contributed by atoms with Crippen LogP contribution in [0.5, 0.6) is 0 Å². The van der Waals surface area contributed by atoms with Crippen LogP contribution in [0.4, 0.5) is 11.8 Å². The van der Waals surface area contributed by atoms with E-state index in [1.165, 1.54) is 6.42 Å². The molecular weight excluding hydrogens is 296 g/mol. The number of hydrogen-bond donors (Lipinski definition) is 2. The van der Waals surface area contributed by atoms with Gasteiger partial charge < -0.3 is 15.3 Å². The lowest BCUT2D eigenvalue weighted by Gasteiger charge is -2.33. The first-order valence-electron chi connectivity index (χ1n) is 6.30. The van der Waals surface area contributed by atoms with E-state index in [2.05, 4.69) is 36.1 Å². The SMILES string of the molecule is CNc1ncc(Br)c(N2CCCC(CCO)C2)n1. The maximum absolute atomic E-state index is 9.05. The van der Waals surface area contributed by atoms with Crippen molar-refractivity contribution in [1.82, 2.24) is 9.97 Å². The fraction of sp³-hybridized carbons (Fsp3) is 0.667. The summed E-state index contributed by atoms with van der Waals surface area (Å²) in [6.07, 6.45) is 5.00. The summed E-state index contributed by atoms with van der Waals surface area (Å²) >= 11 is 3.51. The maximum atomic E-state index is 9.05. The lowest BCUT2D eigenvalue weighted by atomic mass is 9.95. The fourth-order valence-corrected chi connectivity index (χ4v) is 2.82. The van der Waals surface area contributed by atoms with E-state index in [1.54, 1.807) is 6.20 Å². The lowest BCUT2D eigenvalue weighted by Crippen LogP contribution is -2.36. The Morgan fingerprint density at radius 3 is 3.17 bits per heavy atom. The minimum atomic E-state index is 0.269. The molecule has 0 aliphatic carbocycles. The quantitative estimate of drug-likeness (QED) is 0.888. The molecule has 1 unspecified atom stereocenters. The summed E-state index contributed by atoms with van der Waals surface area (Å²) in [5.74, 6) is 2.14. The zero-order valence-electron chi connectivity index (χ0n) is 10.6. The standard InChI is InChI=1S/C12H19BrN4O/c1-14-12-15-7-10(13)11(16-12)17-5-2-3-9(8-17)4-6-18/h7,9,18H,2-6,8H2,1H3,(H,14,15,16). The molecule has 1 aromatic rings. The molecule has 1 aliphatic heterocycles. The lowest BCUT2D eigenvalue weighted by molar-refractivity contribution is 0.244. The van der Waals surface area contributed by atoms with Crippen LogP contribution in [0.2, 0.25) is 0 Å². The van der Waals surface area contributed by atoms with Crippen LogP contribution >= 0.6 is 15.9 Å². The van der Waals surface area contributed by atoms with Crippen molar-refractivity contribution in [2.24, 2.45) is 5.92 Å². The molecule has 5 nitrogen and oxygen atoms in total. The van der Waals surface area contributed by atoms with Crippen molar-refractivity contribution in [2.45, 2.75) is 19.3 Å². The smallest absolute Gasteiger partial charge is 0.224 e. The molecule has 0 amide bonds. The highest BCUT2D eigenvalue weighted by Crippen LogP contribution is 2.29. The van der Waals surface area contributed by atoms with Crippen LogP contribution < -0.4 is 10.2 Å². The van der Waals surface area contributed by atoms with Crippen LogP contribution in [0.3, 0.4) is 0 Å². The van der Waals surface area contributed by atoms with E-state index in [-0.39, 0.29) is 6.61 Å². The second-order valence-corrected chi connectivity index (χ2v) is 5.44. The van der Waals surface area contributed by atoms with E-state index in [1.807, 2.05) is 7.05 Å². The summed E-state index contributed by atoms with van der Waals surface area (Å²) in [6, 6.07) is 0. The molecule has 18 heavy (non-hydrogen) atoms. The van der Waals surface area contributed by atoms with Crippen molar-refractivity contribution in [3.05, 3.63) is 10.7 Å². The van der Waals surface area contributed by atoms with Crippen molar-refractivity contribution < 1.29 is 5.11 Å². The Bertz CT molecular complexity index is 400. The van der Waals surface area contributed by atoms with Crippen molar-refractivity contribution in [1.29, 1.82) is 0 Å². The third kappa shape index (κ3) is 3.11. The van der Waals surface area contributed by atoms with E-state index in [0.29, 0.717) is 11.9 Å². The third-order valence-corrected chi connectivity index (χ3v) is 3.86. The Kier molecular flexibility index (Phi) is 4.77. The van der Waals surface area contributed by atoms with Crippen LogP contribution in [-0.2, 0) is 0 Å². The second kappa shape index (κ2) is 6.33. The largest absolute Gasteiger partial charge is 0.396 e. The minimum absolute atomic E-state index is 0.269. The molecule has 0 saturated carbocycles. The first kappa shape index (κ1) is 13.5. The molecule has 100 valence electrons. The zero-order chi connectivity index (χ0) is 13.0. The van der Waals surface area contributed by atoms with Gasteiger partial charge in [-0.1, -0.05) is 0 Å². The highest BCUT2D eigenvalue weighted by atomic mass is 79.9. The first-order chi connectivity index (χ1) is 8.74. The van der Waals surface area contributed by atoms with Crippen molar-refractivity contribution in [2.75, 3.05) is 37.0 Å². The molecule has 2 rings (SSSR count). The zero-order valence-corrected chi connectivity index (χ0v) is 12.2. The van der Waals surface area contributed by atoms with Gasteiger partial charge in [-0.05, 0) is 41.1 Å². The number of rotatable bonds is 4. The predicted molar refractivity (Wildman–Crippen MR) is 75.9 cm³/mol. The fourth-order valence-electron chi connectivity index (χ4n) is 2.38. The molecule has 0 bridgehead atoms. The maximum Gasteiger partial charge on any atom is 0.224 e. The molecule has 1 saturated heterocycles. The van der Waals surface area contributed by atoms with Gasteiger partial charge in [-0.15, -0.1) is 0 Å². The molecule has 1 fully saturated rings. The summed E-state index contributed by atoms with van der Waals surface area (Å²) in [4.78, 5) is 10.9. The average molecular weight is 315 g/mol. The van der Waals surface area contributed by atoms with E-state index in [0.717, 1.165) is 36.2 Å². The summed E-state index contributed by atoms with van der Waals surface area (Å²) in [7, 11) is 1.82. The summed E-state index contributed by atoms with van der Waals surface area (Å²) in [5, 5.41) is 12.0. The van der Waals surface area contributed by atoms with Crippen molar-refractivity contribution in [3.63, 3.8) is 0 Å². The van der Waals surface area contributed by atoms with Gasteiger partial charge in [0.05, 0.1) is 4.47 Å². The van der Waals surface area contributed by atoms with Gasteiger partial charge in [-0.25, -0.2) is 4.98 Å². The molecule has 2 N–H and O–H groups in total. The van der Waals surface area contributed by atoms with Gasteiger partial charge in [0.25, 0.3) is 0 Å². The normalized spacial score (nSPS) is 19.9. The van der Waals surface area contributed by atoms with Gasteiger partial charge in [-0.3, -0.25) is 0 Å². The van der Waals surface area contributed by atoms with E-state index < -0.39 is 0 Å². The van der Waals surface area contributed by atoms with Gasteiger partial charge >= 0.3 is 0 Å². The van der Waals surface area contributed by atoms with E-state index in [4.69, 9.17) is 5.11 Å². The topological polar surface area (TPSA) is 61.3 Å². The van der Waals surface area contributed by atoms with Crippen LogP contribution in [0.1, 0.15) is 19.3 Å². The van der Waals surface area contributed by atoms with Crippen molar-refractivity contribution >= 4 is 27.7 Å². The number of nitrogens with one attached hydrogen (secondary N) is 1. The second-order valence-electron chi connectivity index (χ2n) is 4.58. The monoisotopic (exact) mass is 314 g/mol. The van der Waals surface area contributed by atoms with Crippen molar-refractivity contribution in [3.8, 4) is 0 Å². The highest BCUT2D eigenvalue weighted by Gasteiger charge is 2.22.